The van der Waals surface area contributed by atoms with Crippen molar-refractivity contribution >= 4 is 34.3 Å². The van der Waals surface area contributed by atoms with Gasteiger partial charge in [-0.25, -0.2) is 4.79 Å². The van der Waals surface area contributed by atoms with Gasteiger partial charge in [0.15, 0.2) is 5.82 Å². The average molecular weight is 402 g/mol. The van der Waals surface area contributed by atoms with Crippen LogP contribution in [0.2, 0.25) is 0 Å². The Bertz CT molecular complexity index is 1370. The lowest BCUT2D eigenvalue weighted by Gasteiger charge is -2.19. The fourth-order valence-electron chi connectivity index (χ4n) is 3.93. The molecule has 30 heavy (non-hydrogen) atoms. The number of rotatable bonds is 3. The molecule has 0 bridgehead atoms. The maximum absolute atomic E-state index is 13.1. The first-order valence-electron chi connectivity index (χ1n) is 9.50. The van der Waals surface area contributed by atoms with Crippen LogP contribution in [0.25, 0.3) is 16.7 Å². The molecule has 0 saturated carbocycles. The van der Waals surface area contributed by atoms with E-state index in [0.29, 0.717) is 28.2 Å². The molecule has 9 nitrogen and oxygen atoms in total. The third kappa shape index (κ3) is 2.45. The molecule has 5 rings (SSSR count). The zero-order valence-electron chi connectivity index (χ0n) is 16.4. The van der Waals surface area contributed by atoms with Gasteiger partial charge >= 0.3 is 6.03 Å². The van der Waals surface area contributed by atoms with E-state index in [1.165, 1.54) is 14.4 Å². The van der Waals surface area contributed by atoms with E-state index in [1.807, 2.05) is 24.3 Å². The number of aromatic nitrogens is 4. The molecule has 1 fully saturated rings. The fraction of sp³-hybridized carbons (Fsp3) is 0.190. The number of hydrogen-bond acceptors (Lipinski definition) is 5. The van der Waals surface area contributed by atoms with Crippen molar-refractivity contribution in [3.63, 3.8) is 0 Å². The van der Waals surface area contributed by atoms with Crippen LogP contribution in [0.1, 0.15) is 12.7 Å². The molecule has 3 heterocycles. The van der Waals surface area contributed by atoms with Crippen molar-refractivity contribution in [2.45, 2.75) is 19.5 Å². The van der Waals surface area contributed by atoms with Crippen LogP contribution in [0.3, 0.4) is 0 Å². The minimum Gasteiger partial charge on any atom is -0.282 e. The number of hydrogen-bond donors (Lipinski definition) is 0. The molecule has 0 aliphatic carbocycles. The lowest BCUT2D eigenvalue weighted by molar-refractivity contribution is -0.127. The van der Waals surface area contributed by atoms with Crippen molar-refractivity contribution in [2.24, 2.45) is 7.05 Å². The van der Waals surface area contributed by atoms with Crippen LogP contribution in [0, 0.1) is 0 Å². The molecule has 1 atom stereocenters. The SMILES string of the molecule is C[C@@H]1C(=O)N(Cc2nnc3n(C)c(=O)c4ccccc4n23)C(=O)N1c1ccccc1. The lowest BCUT2D eigenvalue weighted by Crippen LogP contribution is -2.34. The lowest BCUT2D eigenvalue weighted by atomic mass is 10.2. The molecule has 0 radical (unpaired) electrons. The second-order valence-electron chi connectivity index (χ2n) is 7.22. The molecule has 150 valence electrons. The van der Waals surface area contributed by atoms with Crippen LogP contribution in [0.15, 0.2) is 59.4 Å². The molecule has 0 spiro atoms. The molecule has 9 heteroatoms. The standard InChI is InChI=1S/C21H18N6O3/c1-13-18(28)25(21(30)26(13)14-8-4-3-5-9-14)12-17-22-23-20-24(2)19(29)15-10-6-7-11-16(15)27(17)20/h3-11,13H,12H2,1-2H3/t13-/m1/s1. The van der Waals surface area contributed by atoms with Crippen LogP contribution in [0.4, 0.5) is 10.5 Å². The first-order valence-corrected chi connectivity index (χ1v) is 9.50. The minimum atomic E-state index is -0.625. The number of nitrogens with zero attached hydrogens (tertiary/aromatic N) is 6. The van der Waals surface area contributed by atoms with Crippen LogP contribution in [0.5, 0.6) is 0 Å². The quantitative estimate of drug-likeness (QED) is 0.488. The Hall–Kier alpha value is -4.01. The van der Waals surface area contributed by atoms with Gasteiger partial charge in [-0.2, -0.15) is 0 Å². The summed E-state index contributed by atoms with van der Waals surface area (Å²) in [4.78, 5) is 41.2. The Balaban J connectivity index is 1.61. The van der Waals surface area contributed by atoms with Gasteiger partial charge in [0.25, 0.3) is 11.5 Å². The minimum absolute atomic E-state index is 0.0469. The molecular formula is C21H18N6O3. The largest absolute Gasteiger partial charge is 0.332 e. The summed E-state index contributed by atoms with van der Waals surface area (Å²) < 4.78 is 3.12. The van der Waals surface area contributed by atoms with E-state index in [9.17, 15) is 14.4 Å². The number of fused-ring (bicyclic) bond motifs is 3. The Morgan fingerprint density at radius 3 is 2.40 bits per heavy atom. The number of para-hydroxylation sites is 2. The molecule has 0 N–H and O–H groups in total. The van der Waals surface area contributed by atoms with Crippen molar-refractivity contribution in [2.75, 3.05) is 4.90 Å². The van der Waals surface area contributed by atoms with Gasteiger partial charge in [0.2, 0.25) is 5.78 Å². The van der Waals surface area contributed by atoms with Crippen molar-refractivity contribution in [1.29, 1.82) is 0 Å². The zero-order chi connectivity index (χ0) is 21.0. The van der Waals surface area contributed by atoms with E-state index < -0.39 is 12.1 Å². The van der Waals surface area contributed by atoms with Gasteiger partial charge in [0.05, 0.1) is 17.4 Å². The van der Waals surface area contributed by atoms with Gasteiger partial charge in [-0.15, -0.1) is 10.2 Å². The van der Waals surface area contributed by atoms with E-state index in [0.717, 1.165) is 0 Å². The number of benzene rings is 2. The molecule has 1 aliphatic rings. The molecule has 1 saturated heterocycles. The first-order chi connectivity index (χ1) is 14.5. The highest BCUT2D eigenvalue weighted by atomic mass is 16.2. The number of urea groups is 1. The molecule has 0 unspecified atom stereocenters. The topological polar surface area (TPSA) is 92.8 Å². The molecule has 2 aromatic carbocycles. The summed E-state index contributed by atoms with van der Waals surface area (Å²) in [7, 11) is 1.62. The highest BCUT2D eigenvalue weighted by Gasteiger charge is 2.43. The highest BCUT2D eigenvalue weighted by molar-refractivity contribution is 6.13. The second-order valence-corrected chi connectivity index (χ2v) is 7.22. The predicted molar refractivity (Wildman–Crippen MR) is 110 cm³/mol. The summed E-state index contributed by atoms with van der Waals surface area (Å²) in [5, 5.41) is 8.83. The molecule has 4 aromatic rings. The number of amides is 3. The van der Waals surface area contributed by atoms with Gasteiger partial charge in [-0.1, -0.05) is 30.3 Å². The Morgan fingerprint density at radius 2 is 1.63 bits per heavy atom. The summed E-state index contributed by atoms with van der Waals surface area (Å²) in [6, 6.07) is 15.2. The normalized spacial score (nSPS) is 16.9. The average Bonchev–Trinajstić information content (AvgIpc) is 3.28. The number of carbonyl (C=O) groups is 2. The van der Waals surface area contributed by atoms with Crippen LogP contribution in [-0.2, 0) is 18.4 Å². The van der Waals surface area contributed by atoms with Crippen LogP contribution < -0.4 is 10.5 Å². The van der Waals surface area contributed by atoms with Crippen LogP contribution >= 0.6 is 0 Å². The molecule has 1 aliphatic heterocycles. The van der Waals surface area contributed by atoms with E-state index >= 15 is 0 Å². The van der Waals surface area contributed by atoms with Gasteiger partial charge in [0, 0.05) is 12.7 Å². The molecule has 2 aromatic heterocycles. The third-order valence-corrected chi connectivity index (χ3v) is 5.47. The fourth-order valence-corrected chi connectivity index (χ4v) is 3.93. The van der Waals surface area contributed by atoms with Crippen molar-refractivity contribution in [1.82, 2.24) is 24.1 Å². The van der Waals surface area contributed by atoms with E-state index in [4.69, 9.17) is 0 Å². The monoisotopic (exact) mass is 402 g/mol. The smallest absolute Gasteiger partial charge is 0.282 e. The molecular weight excluding hydrogens is 384 g/mol. The number of anilines is 1. The van der Waals surface area contributed by atoms with Gasteiger partial charge in [0.1, 0.15) is 6.04 Å². The predicted octanol–water partition coefficient (Wildman–Crippen LogP) is 1.94. The third-order valence-electron chi connectivity index (χ3n) is 5.47. The highest BCUT2D eigenvalue weighted by Crippen LogP contribution is 2.27. The summed E-state index contributed by atoms with van der Waals surface area (Å²) in [5.41, 5.74) is 1.10. The number of aryl methyl sites for hydroxylation is 1. The number of imide groups is 1. The van der Waals surface area contributed by atoms with Crippen molar-refractivity contribution in [3.05, 3.63) is 70.8 Å². The summed E-state index contributed by atoms with van der Waals surface area (Å²) in [6.07, 6.45) is 0. The Morgan fingerprint density at radius 1 is 0.933 bits per heavy atom. The summed E-state index contributed by atoms with van der Waals surface area (Å²) in [6.45, 7) is 1.66. The van der Waals surface area contributed by atoms with E-state index in [-0.39, 0.29) is 18.0 Å². The Kier molecular flexibility index (Phi) is 3.92. The zero-order valence-corrected chi connectivity index (χ0v) is 16.4. The summed E-state index contributed by atoms with van der Waals surface area (Å²) >= 11 is 0. The summed E-state index contributed by atoms with van der Waals surface area (Å²) in [5.74, 6) is 0.441. The maximum Gasteiger partial charge on any atom is 0.332 e. The second kappa shape index (κ2) is 6.51. The van der Waals surface area contributed by atoms with Crippen LogP contribution in [-0.4, -0.2) is 42.0 Å². The van der Waals surface area contributed by atoms with Crippen molar-refractivity contribution in [3.8, 4) is 0 Å². The van der Waals surface area contributed by atoms with Gasteiger partial charge in [-0.05, 0) is 31.2 Å². The van der Waals surface area contributed by atoms with Crippen molar-refractivity contribution < 1.29 is 9.59 Å². The molecule has 3 amide bonds. The first kappa shape index (κ1) is 18.0. The maximum atomic E-state index is 13.1. The van der Waals surface area contributed by atoms with E-state index in [1.54, 1.807) is 48.7 Å². The Labute approximate surface area is 170 Å². The van der Waals surface area contributed by atoms with E-state index in [2.05, 4.69) is 10.2 Å². The number of carbonyl (C=O) groups excluding carboxylic acids is 2. The van der Waals surface area contributed by atoms with Gasteiger partial charge in [-0.3, -0.25) is 28.4 Å². The van der Waals surface area contributed by atoms with Gasteiger partial charge < -0.3 is 0 Å².